The number of pyridine rings is 1. The largest absolute Gasteiger partial charge is 0.444 e. The highest BCUT2D eigenvalue weighted by Crippen LogP contribution is 2.25. The van der Waals surface area contributed by atoms with Gasteiger partial charge < -0.3 is 15.4 Å². The number of carbonyl (C=O) groups excluding carboxylic acids is 2. The van der Waals surface area contributed by atoms with Crippen LogP contribution in [0, 0.1) is 5.92 Å². The number of carbonyl (C=O) groups is 2. The van der Waals surface area contributed by atoms with Crippen molar-refractivity contribution in [1.29, 1.82) is 0 Å². The maximum atomic E-state index is 12.5. The molecule has 6 heteroatoms. The molecule has 2 N–H and O–H groups in total. The van der Waals surface area contributed by atoms with Crippen molar-refractivity contribution < 1.29 is 14.3 Å². The fourth-order valence-electron chi connectivity index (χ4n) is 3.02. The smallest absolute Gasteiger partial charge is 0.407 e. The van der Waals surface area contributed by atoms with E-state index in [1.54, 1.807) is 12.4 Å². The number of ether oxygens (including phenoxy) is 1. The average Bonchev–Trinajstić information content (AvgIpc) is 2.54. The lowest BCUT2D eigenvalue weighted by molar-refractivity contribution is -0.126. The van der Waals surface area contributed by atoms with Crippen molar-refractivity contribution in [2.75, 3.05) is 0 Å². The van der Waals surface area contributed by atoms with Crippen molar-refractivity contribution in [3.63, 3.8) is 0 Å². The number of nitrogens with zero attached hydrogens (tertiary/aromatic N) is 1. The molecule has 0 spiro atoms. The zero-order valence-electron chi connectivity index (χ0n) is 15.5. The van der Waals surface area contributed by atoms with Crippen molar-refractivity contribution in [3.05, 3.63) is 30.1 Å². The molecule has 1 heterocycles. The molecule has 1 saturated carbocycles. The van der Waals surface area contributed by atoms with E-state index in [2.05, 4.69) is 15.6 Å². The highest BCUT2D eigenvalue weighted by molar-refractivity contribution is 5.79. The lowest BCUT2D eigenvalue weighted by Gasteiger charge is -2.30. The van der Waals surface area contributed by atoms with Gasteiger partial charge in [-0.15, -0.1) is 0 Å². The Kier molecular flexibility index (Phi) is 6.39. The molecule has 0 radical (unpaired) electrons. The lowest BCUT2D eigenvalue weighted by Crippen LogP contribution is -2.43. The molecule has 2 rings (SSSR count). The Morgan fingerprint density at radius 1 is 1.24 bits per heavy atom. The normalized spacial score (nSPS) is 21.9. The maximum Gasteiger partial charge on any atom is 0.407 e. The van der Waals surface area contributed by atoms with Gasteiger partial charge in [-0.25, -0.2) is 4.79 Å². The third-order valence-electron chi connectivity index (χ3n) is 4.36. The van der Waals surface area contributed by atoms with Crippen LogP contribution in [0.25, 0.3) is 0 Å². The summed E-state index contributed by atoms with van der Waals surface area (Å²) in [5.41, 5.74) is 0.500. The third-order valence-corrected chi connectivity index (χ3v) is 4.36. The van der Waals surface area contributed by atoms with E-state index in [0.29, 0.717) is 0 Å². The molecule has 1 atom stereocenters. The number of alkyl carbamates (subject to hydrolysis) is 1. The van der Waals surface area contributed by atoms with Crippen LogP contribution in [0.3, 0.4) is 0 Å². The van der Waals surface area contributed by atoms with Crippen LogP contribution < -0.4 is 10.6 Å². The predicted octanol–water partition coefficient (Wildman–Crippen LogP) is 3.34. The summed E-state index contributed by atoms with van der Waals surface area (Å²) in [7, 11) is 0. The summed E-state index contributed by atoms with van der Waals surface area (Å²) in [6.07, 6.45) is 6.23. The van der Waals surface area contributed by atoms with Gasteiger partial charge in [-0.2, -0.15) is 0 Å². The van der Waals surface area contributed by atoms with Gasteiger partial charge >= 0.3 is 6.09 Å². The summed E-state index contributed by atoms with van der Waals surface area (Å²) in [6.45, 7) is 7.50. The number of hydrogen-bond acceptors (Lipinski definition) is 4. The SMILES string of the molecule is C[C@@H](NC(=O)C1CCC(NC(=O)OC(C)(C)C)CC1)c1cccnc1. The van der Waals surface area contributed by atoms with E-state index in [0.717, 1.165) is 31.2 Å². The first kappa shape index (κ1) is 19.2. The molecule has 0 saturated heterocycles. The Labute approximate surface area is 149 Å². The van der Waals surface area contributed by atoms with E-state index in [9.17, 15) is 9.59 Å². The minimum atomic E-state index is -0.496. The molecule has 138 valence electrons. The number of nitrogens with one attached hydrogen (secondary N) is 2. The van der Waals surface area contributed by atoms with Crippen molar-refractivity contribution in [3.8, 4) is 0 Å². The van der Waals surface area contributed by atoms with Crippen molar-refractivity contribution in [2.24, 2.45) is 5.92 Å². The second-order valence-corrected chi connectivity index (χ2v) is 7.71. The van der Waals surface area contributed by atoms with E-state index in [4.69, 9.17) is 4.74 Å². The van der Waals surface area contributed by atoms with Gasteiger partial charge in [0, 0.05) is 24.4 Å². The van der Waals surface area contributed by atoms with Gasteiger partial charge in [0.05, 0.1) is 6.04 Å². The molecule has 1 aliphatic carbocycles. The van der Waals surface area contributed by atoms with Crippen molar-refractivity contribution >= 4 is 12.0 Å². The zero-order chi connectivity index (χ0) is 18.4. The van der Waals surface area contributed by atoms with Gasteiger partial charge in [-0.3, -0.25) is 9.78 Å². The van der Waals surface area contributed by atoms with Crippen LogP contribution in [0.5, 0.6) is 0 Å². The minimum Gasteiger partial charge on any atom is -0.444 e. The van der Waals surface area contributed by atoms with Crippen LogP contribution in [-0.2, 0) is 9.53 Å². The quantitative estimate of drug-likeness (QED) is 0.875. The van der Waals surface area contributed by atoms with Crippen LogP contribution in [0.15, 0.2) is 24.5 Å². The summed E-state index contributed by atoms with van der Waals surface area (Å²) < 4.78 is 5.28. The highest BCUT2D eigenvalue weighted by atomic mass is 16.6. The van der Waals surface area contributed by atoms with Gasteiger partial charge in [-0.05, 0) is 65.0 Å². The molecule has 0 aromatic carbocycles. The van der Waals surface area contributed by atoms with E-state index in [-0.39, 0.29) is 30.0 Å². The van der Waals surface area contributed by atoms with Crippen LogP contribution in [0.4, 0.5) is 4.79 Å². The molecular weight excluding hydrogens is 318 g/mol. The Bertz CT molecular complexity index is 575. The van der Waals surface area contributed by atoms with Crippen LogP contribution in [-0.4, -0.2) is 28.6 Å². The Balaban J connectivity index is 1.76. The lowest BCUT2D eigenvalue weighted by atomic mass is 9.85. The molecule has 1 aromatic rings. The van der Waals surface area contributed by atoms with E-state index >= 15 is 0 Å². The second kappa shape index (κ2) is 8.32. The molecule has 0 aliphatic heterocycles. The number of rotatable bonds is 4. The van der Waals surface area contributed by atoms with E-state index in [1.807, 2.05) is 39.8 Å². The van der Waals surface area contributed by atoms with Gasteiger partial charge in [0.2, 0.25) is 5.91 Å². The van der Waals surface area contributed by atoms with Crippen LogP contribution in [0.2, 0.25) is 0 Å². The monoisotopic (exact) mass is 347 g/mol. The molecule has 0 bridgehead atoms. The summed E-state index contributed by atoms with van der Waals surface area (Å²) in [6, 6.07) is 3.85. The zero-order valence-corrected chi connectivity index (χ0v) is 15.5. The third kappa shape index (κ3) is 6.36. The number of amides is 2. The maximum absolute atomic E-state index is 12.5. The van der Waals surface area contributed by atoms with E-state index in [1.165, 1.54) is 0 Å². The molecule has 1 aliphatic rings. The van der Waals surface area contributed by atoms with Crippen molar-refractivity contribution in [2.45, 2.75) is 71.1 Å². The minimum absolute atomic E-state index is 0.00388. The molecule has 0 unspecified atom stereocenters. The first-order valence-electron chi connectivity index (χ1n) is 8.94. The molecule has 6 nitrogen and oxygen atoms in total. The van der Waals surface area contributed by atoms with Crippen LogP contribution in [0.1, 0.15) is 65.0 Å². The molecule has 25 heavy (non-hydrogen) atoms. The molecule has 1 aromatic heterocycles. The van der Waals surface area contributed by atoms with Gasteiger partial charge in [0.25, 0.3) is 0 Å². The van der Waals surface area contributed by atoms with Crippen molar-refractivity contribution in [1.82, 2.24) is 15.6 Å². The topological polar surface area (TPSA) is 80.3 Å². The first-order valence-corrected chi connectivity index (χ1v) is 8.94. The Morgan fingerprint density at radius 3 is 2.48 bits per heavy atom. The second-order valence-electron chi connectivity index (χ2n) is 7.71. The van der Waals surface area contributed by atoms with E-state index < -0.39 is 5.60 Å². The standard InChI is InChI=1S/C19H29N3O3/c1-13(15-6-5-11-20-12-15)21-17(23)14-7-9-16(10-8-14)22-18(24)25-19(2,3)4/h5-6,11-14,16H,7-10H2,1-4H3,(H,21,23)(H,22,24)/t13-,14?,16?/m1/s1. The first-order chi connectivity index (χ1) is 11.7. The number of hydrogen-bond donors (Lipinski definition) is 2. The Hall–Kier alpha value is -2.11. The average molecular weight is 347 g/mol. The molecular formula is C19H29N3O3. The fourth-order valence-corrected chi connectivity index (χ4v) is 3.02. The predicted molar refractivity (Wildman–Crippen MR) is 95.9 cm³/mol. The van der Waals surface area contributed by atoms with Crippen LogP contribution >= 0.6 is 0 Å². The van der Waals surface area contributed by atoms with Gasteiger partial charge in [0.15, 0.2) is 0 Å². The van der Waals surface area contributed by atoms with Gasteiger partial charge in [0.1, 0.15) is 5.60 Å². The van der Waals surface area contributed by atoms with Gasteiger partial charge in [-0.1, -0.05) is 6.07 Å². The summed E-state index contributed by atoms with van der Waals surface area (Å²) in [5.74, 6) is 0.0721. The highest BCUT2D eigenvalue weighted by Gasteiger charge is 2.29. The molecule has 2 amide bonds. The Morgan fingerprint density at radius 2 is 1.92 bits per heavy atom. The fraction of sp³-hybridized carbons (Fsp3) is 0.632. The summed E-state index contributed by atoms with van der Waals surface area (Å²) in [5, 5.41) is 5.96. The summed E-state index contributed by atoms with van der Waals surface area (Å²) in [4.78, 5) is 28.4. The number of aromatic nitrogens is 1. The summed E-state index contributed by atoms with van der Waals surface area (Å²) >= 11 is 0. The molecule has 1 fully saturated rings.